The van der Waals surface area contributed by atoms with Crippen LogP contribution in [0.1, 0.15) is 13.3 Å². The van der Waals surface area contributed by atoms with Crippen molar-refractivity contribution in [1.29, 1.82) is 0 Å². The number of benzene rings is 1. The Hall–Kier alpha value is -2.38. The number of aliphatic hydroxyl groups is 1. The SMILES string of the molecule is CC(O)CC(=O)N(N)CCOc1cccc(-c2cnn(C)c2)c1. The van der Waals surface area contributed by atoms with Crippen LogP contribution in [-0.2, 0) is 11.8 Å². The van der Waals surface area contributed by atoms with Gasteiger partial charge in [0.25, 0.3) is 0 Å². The fourth-order valence-corrected chi connectivity index (χ4v) is 2.09. The molecule has 1 aromatic carbocycles. The number of rotatable bonds is 7. The molecule has 0 spiro atoms. The minimum absolute atomic E-state index is 0.00694. The Morgan fingerprint density at radius 1 is 1.48 bits per heavy atom. The molecule has 1 unspecified atom stereocenters. The van der Waals surface area contributed by atoms with E-state index in [4.69, 9.17) is 10.6 Å². The number of aryl methyl sites for hydroxylation is 1. The predicted octanol–water partition coefficient (Wildman–Crippen LogP) is 0.939. The van der Waals surface area contributed by atoms with Gasteiger partial charge >= 0.3 is 0 Å². The molecule has 0 radical (unpaired) electrons. The van der Waals surface area contributed by atoms with Gasteiger partial charge in [0.1, 0.15) is 12.4 Å². The van der Waals surface area contributed by atoms with Crippen molar-refractivity contribution in [3.63, 3.8) is 0 Å². The average molecular weight is 318 g/mol. The van der Waals surface area contributed by atoms with Crippen molar-refractivity contribution in [2.45, 2.75) is 19.4 Å². The molecule has 0 fully saturated rings. The lowest BCUT2D eigenvalue weighted by atomic mass is 10.1. The summed E-state index contributed by atoms with van der Waals surface area (Å²) in [6, 6.07) is 7.63. The largest absolute Gasteiger partial charge is 0.492 e. The van der Waals surface area contributed by atoms with E-state index in [1.807, 2.05) is 37.5 Å². The molecule has 7 nitrogen and oxygen atoms in total. The van der Waals surface area contributed by atoms with Crippen molar-refractivity contribution in [3.05, 3.63) is 36.7 Å². The monoisotopic (exact) mass is 318 g/mol. The molecule has 2 aromatic rings. The summed E-state index contributed by atoms with van der Waals surface area (Å²) in [4.78, 5) is 11.6. The molecular formula is C16H22N4O3. The number of hydrazine groups is 1. The van der Waals surface area contributed by atoms with Crippen LogP contribution >= 0.6 is 0 Å². The van der Waals surface area contributed by atoms with E-state index in [9.17, 15) is 9.90 Å². The standard InChI is InChI=1S/C16H22N4O3/c1-12(21)8-16(22)20(17)6-7-23-15-5-3-4-13(9-15)14-10-18-19(2)11-14/h3-5,9-12,21H,6-8,17H2,1-2H3. The van der Waals surface area contributed by atoms with Crippen LogP contribution in [0.25, 0.3) is 11.1 Å². The minimum atomic E-state index is -0.703. The molecule has 2 rings (SSSR count). The van der Waals surface area contributed by atoms with Crippen molar-refractivity contribution < 1.29 is 14.6 Å². The summed E-state index contributed by atoms with van der Waals surface area (Å²) in [7, 11) is 1.87. The maximum atomic E-state index is 11.6. The number of hydrogen-bond acceptors (Lipinski definition) is 5. The molecule has 3 N–H and O–H groups in total. The summed E-state index contributed by atoms with van der Waals surface area (Å²) in [5.74, 6) is 6.02. The van der Waals surface area contributed by atoms with Gasteiger partial charge in [0.15, 0.2) is 0 Å². The van der Waals surface area contributed by atoms with E-state index >= 15 is 0 Å². The summed E-state index contributed by atoms with van der Waals surface area (Å²) in [5, 5.41) is 14.4. The quantitative estimate of drug-likeness (QED) is 0.450. The second-order valence-corrected chi connectivity index (χ2v) is 5.42. The number of nitrogens with two attached hydrogens (primary N) is 1. The first-order valence-corrected chi connectivity index (χ1v) is 7.40. The highest BCUT2D eigenvalue weighted by Crippen LogP contribution is 2.23. The van der Waals surface area contributed by atoms with Crippen LogP contribution in [0.5, 0.6) is 5.75 Å². The van der Waals surface area contributed by atoms with Gasteiger partial charge < -0.3 is 9.84 Å². The number of hydrogen-bond donors (Lipinski definition) is 2. The fraction of sp³-hybridized carbons (Fsp3) is 0.375. The second-order valence-electron chi connectivity index (χ2n) is 5.42. The van der Waals surface area contributed by atoms with Crippen molar-refractivity contribution in [2.24, 2.45) is 12.9 Å². The van der Waals surface area contributed by atoms with Crippen molar-refractivity contribution >= 4 is 5.91 Å². The molecule has 1 atom stereocenters. The van der Waals surface area contributed by atoms with E-state index in [0.717, 1.165) is 16.1 Å². The molecule has 7 heteroatoms. The van der Waals surface area contributed by atoms with Gasteiger partial charge in [0.05, 0.1) is 25.3 Å². The summed E-state index contributed by atoms with van der Waals surface area (Å²) < 4.78 is 7.38. The second kappa shape index (κ2) is 7.75. The van der Waals surface area contributed by atoms with Gasteiger partial charge in [0.2, 0.25) is 5.91 Å². The Morgan fingerprint density at radius 2 is 2.26 bits per heavy atom. The van der Waals surface area contributed by atoms with Crippen molar-refractivity contribution in [3.8, 4) is 16.9 Å². The molecule has 1 amide bonds. The molecule has 0 aliphatic rings. The third kappa shape index (κ3) is 5.08. The van der Waals surface area contributed by atoms with Gasteiger partial charge in [-0.2, -0.15) is 5.10 Å². The average Bonchev–Trinajstić information content (AvgIpc) is 2.93. The van der Waals surface area contributed by atoms with E-state index in [0.29, 0.717) is 5.75 Å². The topological polar surface area (TPSA) is 93.6 Å². The lowest BCUT2D eigenvalue weighted by Crippen LogP contribution is -2.41. The van der Waals surface area contributed by atoms with Gasteiger partial charge in [-0.3, -0.25) is 14.5 Å². The first kappa shape index (κ1) is 17.0. The number of amides is 1. The van der Waals surface area contributed by atoms with Gasteiger partial charge in [-0.25, -0.2) is 5.84 Å². The number of nitrogens with zero attached hydrogens (tertiary/aromatic N) is 3. The molecule has 0 aliphatic carbocycles. The van der Waals surface area contributed by atoms with E-state index in [2.05, 4.69) is 5.10 Å². The highest BCUT2D eigenvalue weighted by Gasteiger charge is 2.12. The zero-order valence-corrected chi connectivity index (χ0v) is 13.3. The Balaban J connectivity index is 1.88. The third-order valence-corrected chi connectivity index (χ3v) is 3.26. The third-order valence-electron chi connectivity index (χ3n) is 3.26. The van der Waals surface area contributed by atoms with Crippen LogP contribution in [0, 0.1) is 0 Å². The Bertz CT molecular complexity index is 654. The van der Waals surface area contributed by atoms with Crippen LogP contribution in [0.3, 0.4) is 0 Å². The van der Waals surface area contributed by atoms with Gasteiger partial charge in [0, 0.05) is 18.8 Å². The smallest absolute Gasteiger partial charge is 0.239 e. The van der Waals surface area contributed by atoms with Crippen molar-refractivity contribution in [2.75, 3.05) is 13.2 Å². The predicted molar refractivity (Wildman–Crippen MR) is 86.3 cm³/mol. The lowest BCUT2D eigenvalue weighted by molar-refractivity contribution is -0.133. The van der Waals surface area contributed by atoms with E-state index in [1.54, 1.807) is 17.8 Å². The zero-order valence-electron chi connectivity index (χ0n) is 13.3. The Kier molecular flexibility index (Phi) is 5.72. The van der Waals surface area contributed by atoms with Gasteiger partial charge in [-0.15, -0.1) is 0 Å². The highest BCUT2D eigenvalue weighted by molar-refractivity contribution is 5.75. The van der Waals surface area contributed by atoms with Crippen LogP contribution in [0.4, 0.5) is 0 Å². The molecule has 0 bridgehead atoms. The fourth-order valence-electron chi connectivity index (χ4n) is 2.09. The molecule has 124 valence electrons. The summed E-state index contributed by atoms with van der Waals surface area (Å²) in [6.45, 7) is 2.08. The number of aliphatic hydroxyl groups excluding tert-OH is 1. The highest BCUT2D eigenvalue weighted by atomic mass is 16.5. The minimum Gasteiger partial charge on any atom is -0.492 e. The summed E-state index contributed by atoms with van der Waals surface area (Å²) in [5.41, 5.74) is 2.01. The number of ether oxygens (including phenoxy) is 1. The van der Waals surface area contributed by atoms with Gasteiger partial charge in [-0.1, -0.05) is 12.1 Å². The van der Waals surface area contributed by atoms with Crippen LogP contribution < -0.4 is 10.6 Å². The van der Waals surface area contributed by atoms with Crippen LogP contribution in [-0.4, -0.2) is 45.1 Å². The molecule has 0 saturated carbocycles. The molecule has 1 aromatic heterocycles. The van der Waals surface area contributed by atoms with E-state index < -0.39 is 6.10 Å². The van der Waals surface area contributed by atoms with Crippen molar-refractivity contribution in [1.82, 2.24) is 14.8 Å². The molecule has 0 aliphatic heterocycles. The van der Waals surface area contributed by atoms with E-state index in [1.165, 1.54) is 0 Å². The van der Waals surface area contributed by atoms with Crippen LogP contribution in [0.2, 0.25) is 0 Å². The normalized spacial score (nSPS) is 12.0. The Labute approximate surface area is 135 Å². The first-order valence-electron chi connectivity index (χ1n) is 7.40. The summed E-state index contributed by atoms with van der Waals surface area (Å²) >= 11 is 0. The number of carbonyl (C=O) groups is 1. The molecular weight excluding hydrogens is 296 g/mol. The summed E-state index contributed by atoms with van der Waals surface area (Å²) in [6.07, 6.45) is 3.02. The van der Waals surface area contributed by atoms with Gasteiger partial charge in [-0.05, 0) is 24.6 Å². The van der Waals surface area contributed by atoms with Crippen LogP contribution in [0.15, 0.2) is 36.7 Å². The Morgan fingerprint density at radius 3 is 2.91 bits per heavy atom. The molecule has 1 heterocycles. The zero-order chi connectivity index (χ0) is 16.8. The number of aromatic nitrogens is 2. The lowest BCUT2D eigenvalue weighted by Gasteiger charge is -2.17. The maximum Gasteiger partial charge on any atom is 0.239 e. The number of carbonyl (C=O) groups excluding carboxylic acids is 1. The van der Waals surface area contributed by atoms with E-state index in [-0.39, 0.29) is 25.5 Å². The first-order chi connectivity index (χ1) is 11.0. The maximum absolute atomic E-state index is 11.6. The molecule has 23 heavy (non-hydrogen) atoms. The molecule has 0 saturated heterocycles.